The van der Waals surface area contributed by atoms with Gasteiger partial charge < -0.3 is 19.4 Å². The van der Waals surface area contributed by atoms with Gasteiger partial charge in [-0.1, -0.05) is 18.2 Å². The van der Waals surface area contributed by atoms with Gasteiger partial charge in [-0.3, -0.25) is 4.79 Å². The van der Waals surface area contributed by atoms with E-state index in [4.69, 9.17) is 4.74 Å². The van der Waals surface area contributed by atoms with Crippen molar-refractivity contribution < 1.29 is 9.53 Å². The number of ether oxygens (including phenoxy) is 1. The summed E-state index contributed by atoms with van der Waals surface area (Å²) in [6, 6.07) is 16.2. The zero-order valence-electron chi connectivity index (χ0n) is 16.1. The van der Waals surface area contributed by atoms with Crippen molar-refractivity contribution >= 4 is 11.6 Å². The Balaban J connectivity index is 1.42. The minimum absolute atomic E-state index is 0.0490. The van der Waals surface area contributed by atoms with Gasteiger partial charge in [0.1, 0.15) is 12.4 Å². The van der Waals surface area contributed by atoms with E-state index in [2.05, 4.69) is 35.0 Å². The predicted octanol–water partition coefficient (Wildman–Crippen LogP) is 2.51. The van der Waals surface area contributed by atoms with Gasteiger partial charge in [0.2, 0.25) is 0 Å². The fourth-order valence-electron chi connectivity index (χ4n) is 3.81. The highest BCUT2D eigenvalue weighted by Gasteiger charge is 2.27. The smallest absolute Gasteiger partial charge is 0.253 e. The van der Waals surface area contributed by atoms with E-state index in [1.165, 1.54) is 11.3 Å². The van der Waals surface area contributed by atoms with Crippen molar-refractivity contribution in [2.75, 3.05) is 51.8 Å². The number of anilines is 1. The molecule has 5 heteroatoms. The number of rotatable bonds is 3. The summed E-state index contributed by atoms with van der Waals surface area (Å²) in [5.74, 6) is 0.985. The number of hydrogen-bond acceptors (Lipinski definition) is 4. The summed E-state index contributed by atoms with van der Waals surface area (Å²) >= 11 is 0. The minimum atomic E-state index is 0.0490. The largest absolute Gasteiger partial charge is 0.491 e. The van der Waals surface area contributed by atoms with E-state index in [0.717, 1.165) is 43.9 Å². The first-order valence-electron chi connectivity index (χ1n) is 9.63. The Morgan fingerprint density at radius 1 is 1.04 bits per heavy atom. The lowest BCUT2D eigenvalue weighted by atomic mass is 10.0. The molecular formula is C22H27N3O2. The number of benzene rings is 2. The van der Waals surface area contributed by atoms with Gasteiger partial charge in [-0.2, -0.15) is 0 Å². The van der Waals surface area contributed by atoms with Crippen LogP contribution < -0.4 is 9.64 Å². The van der Waals surface area contributed by atoms with Crippen LogP contribution >= 0.6 is 0 Å². The van der Waals surface area contributed by atoms with Crippen LogP contribution in [0.25, 0.3) is 0 Å². The molecule has 1 fully saturated rings. The van der Waals surface area contributed by atoms with Gasteiger partial charge in [0.15, 0.2) is 0 Å². The highest BCUT2D eigenvalue weighted by atomic mass is 16.5. The average molecular weight is 365 g/mol. The molecule has 0 aliphatic carbocycles. The summed E-state index contributed by atoms with van der Waals surface area (Å²) < 4.78 is 5.85. The van der Waals surface area contributed by atoms with Crippen molar-refractivity contribution in [1.82, 2.24) is 9.80 Å². The van der Waals surface area contributed by atoms with Gasteiger partial charge >= 0.3 is 0 Å². The molecule has 27 heavy (non-hydrogen) atoms. The van der Waals surface area contributed by atoms with Gasteiger partial charge in [0.05, 0.1) is 6.04 Å². The summed E-state index contributed by atoms with van der Waals surface area (Å²) in [4.78, 5) is 19.5. The maximum atomic E-state index is 12.9. The molecule has 142 valence electrons. The van der Waals surface area contributed by atoms with Gasteiger partial charge in [-0.15, -0.1) is 0 Å². The van der Waals surface area contributed by atoms with Crippen LogP contribution in [0.3, 0.4) is 0 Å². The van der Waals surface area contributed by atoms with E-state index >= 15 is 0 Å². The lowest BCUT2D eigenvalue weighted by Gasteiger charge is -2.34. The second kappa shape index (κ2) is 7.61. The monoisotopic (exact) mass is 365 g/mol. The zero-order chi connectivity index (χ0) is 18.8. The number of carbonyl (C=O) groups excluding carboxylic acids is 1. The van der Waals surface area contributed by atoms with Crippen LogP contribution in [0.4, 0.5) is 5.69 Å². The highest BCUT2D eigenvalue weighted by molar-refractivity contribution is 5.94. The predicted molar refractivity (Wildman–Crippen MR) is 108 cm³/mol. The lowest BCUT2D eigenvalue weighted by molar-refractivity contribution is 0.0655. The Hall–Kier alpha value is -2.53. The molecule has 4 rings (SSSR count). The molecule has 0 spiro atoms. The first-order chi connectivity index (χ1) is 13.1. The zero-order valence-corrected chi connectivity index (χ0v) is 16.1. The van der Waals surface area contributed by atoms with Crippen molar-refractivity contribution in [3.8, 4) is 5.75 Å². The fraction of sp³-hybridized carbons (Fsp3) is 0.409. The molecule has 1 saturated heterocycles. The number of fused-ring (bicyclic) bond motifs is 1. The maximum Gasteiger partial charge on any atom is 0.253 e. The molecular weight excluding hydrogens is 338 g/mol. The van der Waals surface area contributed by atoms with Crippen LogP contribution in [-0.4, -0.2) is 68.6 Å². The summed E-state index contributed by atoms with van der Waals surface area (Å²) in [7, 11) is 4.03. The Morgan fingerprint density at radius 3 is 2.48 bits per heavy atom. The molecule has 0 saturated carbocycles. The first kappa shape index (κ1) is 17.9. The van der Waals surface area contributed by atoms with E-state index in [1.807, 2.05) is 42.3 Å². The summed E-state index contributed by atoms with van der Waals surface area (Å²) in [6.07, 6.45) is 0.831. The lowest BCUT2D eigenvalue weighted by Crippen LogP contribution is -2.44. The summed E-state index contributed by atoms with van der Waals surface area (Å²) in [5, 5.41) is 0. The van der Waals surface area contributed by atoms with Crippen molar-refractivity contribution in [1.29, 1.82) is 0 Å². The Kier molecular flexibility index (Phi) is 5.03. The Morgan fingerprint density at radius 2 is 1.74 bits per heavy atom. The number of hydrogen-bond donors (Lipinski definition) is 0. The van der Waals surface area contributed by atoms with Crippen LogP contribution in [-0.2, 0) is 6.42 Å². The molecule has 2 heterocycles. The third-order valence-corrected chi connectivity index (χ3v) is 5.71. The van der Waals surface area contributed by atoms with Gasteiger partial charge in [-0.05, 0) is 49.4 Å². The molecule has 2 aliphatic rings. The van der Waals surface area contributed by atoms with Gasteiger partial charge in [0, 0.05) is 44.5 Å². The molecule has 1 unspecified atom stereocenters. The standard InChI is InChI=1S/C22H27N3O2/c1-23-11-13-25(14-12-23)19-9-7-17(8-10-19)22(26)24(2)20-15-18-5-3-4-6-21(18)27-16-20/h3-10,20H,11-16H2,1-2H3. The van der Waals surface area contributed by atoms with Crippen LogP contribution in [0.15, 0.2) is 48.5 Å². The maximum absolute atomic E-state index is 12.9. The summed E-state index contributed by atoms with van der Waals surface area (Å²) in [6.45, 7) is 4.75. The van der Waals surface area contributed by atoms with Gasteiger partial charge in [0.25, 0.3) is 5.91 Å². The molecule has 2 aliphatic heterocycles. The van der Waals surface area contributed by atoms with Crippen molar-refractivity contribution in [3.05, 3.63) is 59.7 Å². The SMILES string of the molecule is CN1CCN(c2ccc(C(=O)N(C)C3COc4ccccc4C3)cc2)CC1. The van der Waals surface area contributed by atoms with Crippen molar-refractivity contribution in [2.24, 2.45) is 0 Å². The second-order valence-corrected chi connectivity index (χ2v) is 7.53. The third kappa shape index (κ3) is 3.78. The molecule has 0 bridgehead atoms. The minimum Gasteiger partial charge on any atom is -0.491 e. The number of piperazine rings is 1. The van der Waals surface area contributed by atoms with E-state index < -0.39 is 0 Å². The fourth-order valence-corrected chi connectivity index (χ4v) is 3.81. The van der Waals surface area contributed by atoms with E-state index in [0.29, 0.717) is 6.61 Å². The third-order valence-electron chi connectivity index (χ3n) is 5.71. The molecule has 0 aromatic heterocycles. The molecule has 1 atom stereocenters. The molecule has 1 amide bonds. The number of likely N-dealkylation sites (N-methyl/N-ethyl adjacent to an activating group) is 2. The Bertz CT molecular complexity index is 797. The van der Waals surface area contributed by atoms with Crippen molar-refractivity contribution in [3.63, 3.8) is 0 Å². The molecule has 2 aromatic carbocycles. The molecule has 0 N–H and O–H groups in total. The average Bonchev–Trinajstić information content (AvgIpc) is 2.73. The van der Waals surface area contributed by atoms with E-state index in [-0.39, 0.29) is 11.9 Å². The second-order valence-electron chi connectivity index (χ2n) is 7.53. The first-order valence-corrected chi connectivity index (χ1v) is 9.63. The van der Waals surface area contributed by atoms with Crippen LogP contribution in [0.1, 0.15) is 15.9 Å². The van der Waals surface area contributed by atoms with Crippen LogP contribution in [0, 0.1) is 0 Å². The van der Waals surface area contributed by atoms with E-state index in [9.17, 15) is 4.79 Å². The number of nitrogens with zero attached hydrogens (tertiary/aromatic N) is 3. The topological polar surface area (TPSA) is 36.0 Å². The van der Waals surface area contributed by atoms with Gasteiger partial charge in [-0.25, -0.2) is 0 Å². The molecule has 5 nitrogen and oxygen atoms in total. The highest BCUT2D eigenvalue weighted by Crippen LogP contribution is 2.26. The number of amides is 1. The van der Waals surface area contributed by atoms with E-state index in [1.54, 1.807) is 0 Å². The normalized spacial score (nSPS) is 19.9. The Labute approximate surface area is 161 Å². The quantitative estimate of drug-likeness (QED) is 0.837. The summed E-state index contributed by atoms with van der Waals surface area (Å²) in [5.41, 5.74) is 3.09. The number of carbonyl (C=O) groups is 1. The van der Waals surface area contributed by atoms with Crippen LogP contribution in [0.2, 0.25) is 0 Å². The number of para-hydroxylation sites is 1. The molecule has 2 aromatic rings. The van der Waals surface area contributed by atoms with Crippen LogP contribution in [0.5, 0.6) is 5.75 Å². The van der Waals surface area contributed by atoms with Crippen molar-refractivity contribution in [2.45, 2.75) is 12.5 Å². The molecule has 0 radical (unpaired) electrons.